The van der Waals surface area contributed by atoms with E-state index in [1.54, 1.807) is 0 Å². The number of aromatic amines is 1. The van der Waals surface area contributed by atoms with Gasteiger partial charge in [0.05, 0.1) is 6.10 Å². The number of rotatable bonds is 5. The van der Waals surface area contributed by atoms with Crippen molar-refractivity contribution in [1.29, 1.82) is 0 Å². The fourth-order valence-corrected chi connectivity index (χ4v) is 3.05. The van der Waals surface area contributed by atoms with Gasteiger partial charge in [-0.2, -0.15) is 5.21 Å². The lowest BCUT2D eigenvalue weighted by Gasteiger charge is -2.17. The van der Waals surface area contributed by atoms with Crippen LogP contribution in [-0.2, 0) is 0 Å². The van der Waals surface area contributed by atoms with Gasteiger partial charge < -0.3 is 5.11 Å². The number of H-pyrrole nitrogens is 1. The van der Waals surface area contributed by atoms with Gasteiger partial charge in [0.15, 0.2) is 0 Å². The van der Waals surface area contributed by atoms with Gasteiger partial charge in [0.2, 0.25) is 5.82 Å². The normalized spacial score (nSPS) is 16.4. The zero-order valence-electron chi connectivity index (χ0n) is 12.9. The molecule has 0 saturated carbocycles. The first kappa shape index (κ1) is 14.9. The number of hydrogen-bond acceptors (Lipinski definition) is 4. The van der Waals surface area contributed by atoms with E-state index < -0.39 is 6.10 Å². The standard InChI is InChI=1S/C17H22N4O/c1-2-6-16(22)14-10-9-13(12-7-4-3-5-8-12)11-15(14)17-18-20-21-19-17/h7,9-11,16,22H,2-6,8H2,1H3,(H,18,19,20,21). The molecular weight excluding hydrogens is 276 g/mol. The maximum atomic E-state index is 10.4. The Balaban J connectivity index is 2.03. The Labute approximate surface area is 130 Å². The van der Waals surface area contributed by atoms with Gasteiger partial charge in [-0.15, -0.1) is 10.2 Å². The molecule has 1 aliphatic rings. The van der Waals surface area contributed by atoms with E-state index in [-0.39, 0.29) is 0 Å². The summed E-state index contributed by atoms with van der Waals surface area (Å²) in [5.74, 6) is 0.545. The van der Waals surface area contributed by atoms with Crippen LogP contribution in [-0.4, -0.2) is 25.7 Å². The Hall–Kier alpha value is -2.01. The molecular formula is C17H22N4O. The van der Waals surface area contributed by atoms with Crippen molar-refractivity contribution >= 4 is 5.57 Å². The second kappa shape index (κ2) is 6.83. The van der Waals surface area contributed by atoms with E-state index in [1.165, 1.54) is 24.0 Å². The second-order valence-electron chi connectivity index (χ2n) is 5.82. The molecule has 1 aliphatic carbocycles. The van der Waals surface area contributed by atoms with Crippen molar-refractivity contribution in [3.05, 3.63) is 35.4 Å². The Morgan fingerprint density at radius 2 is 2.23 bits per heavy atom. The number of allylic oxidation sites excluding steroid dienone is 2. The number of nitrogens with zero attached hydrogens (tertiary/aromatic N) is 3. The highest BCUT2D eigenvalue weighted by atomic mass is 16.3. The number of aromatic nitrogens is 4. The third-order valence-corrected chi connectivity index (χ3v) is 4.22. The predicted molar refractivity (Wildman–Crippen MR) is 85.9 cm³/mol. The molecule has 0 aliphatic heterocycles. The highest BCUT2D eigenvalue weighted by Crippen LogP contribution is 2.33. The Bertz CT molecular complexity index is 649. The zero-order chi connectivity index (χ0) is 15.4. The minimum absolute atomic E-state index is 0.493. The summed E-state index contributed by atoms with van der Waals surface area (Å²) >= 11 is 0. The molecule has 0 bridgehead atoms. The van der Waals surface area contributed by atoms with Crippen LogP contribution in [0.3, 0.4) is 0 Å². The summed E-state index contributed by atoms with van der Waals surface area (Å²) in [5, 5.41) is 24.8. The van der Waals surface area contributed by atoms with Crippen molar-refractivity contribution in [1.82, 2.24) is 20.6 Å². The fraction of sp³-hybridized carbons (Fsp3) is 0.471. The van der Waals surface area contributed by atoms with Crippen molar-refractivity contribution in [2.24, 2.45) is 0 Å². The molecule has 1 aromatic heterocycles. The van der Waals surface area contributed by atoms with Gasteiger partial charge in [-0.25, -0.2) is 0 Å². The molecule has 5 heteroatoms. The third kappa shape index (κ3) is 3.09. The SMILES string of the molecule is CCCC(O)c1ccc(C2=CCCCC2)cc1-c1nn[nH]n1. The highest BCUT2D eigenvalue weighted by Gasteiger charge is 2.18. The van der Waals surface area contributed by atoms with Crippen molar-refractivity contribution in [3.8, 4) is 11.4 Å². The van der Waals surface area contributed by atoms with Crippen molar-refractivity contribution in [2.45, 2.75) is 51.6 Å². The summed E-state index contributed by atoms with van der Waals surface area (Å²) in [5.41, 5.74) is 4.33. The minimum Gasteiger partial charge on any atom is -0.388 e. The smallest absolute Gasteiger partial charge is 0.205 e. The molecule has 22 heavy (non-hydrogen) atoms. The van der Waals surface area contributed by atoms with Crippen LogP contribution in [0.5, 0.6) is 0 Å². The van der Waals surface area contributed by atoms with Gasteiger partial charge in [0.1, 0.15) is 0 Å². The van der Waals surface area contributed by atoms with Crippen LogP contribution in [0.15, 0.2) is 24.3 Å². The van der Waals surface area contributed by atoms with E-state index in [0.717, 1.165) is 36.8 Å². The van der Waals surface area contributed by atoms with Crippen molar-refractivity contribution < 1.29 is 5.11 Å². The first-order chi connectivity index (χ1) is 10.8. The Morgan fingerprint density at radius 3 is 2.91 bits per heavy atom. The van der Waals surface area contributed by atoms with Gasteiger partial charge in [-0.05, 0) is 60.1 Å². The summed E-state index contributed by atoms with van der Waals surface area (Å²) in [7, 11) is 0. The molecule has 1 unspecified atom stereocenters. The second-order valence-corrected chi connectivity index (χ2v) is 5.82. The van der Waals surface area contributed by atoms with Gasteiger partial charge >= 0.3 is 0 Å². The molecule has 2 aromatic rings. The first-order valence-electron chi connectivity index (χ1n) is 8.05. The lowest BCUT2D eigenvalue weighted by molar-refractivity contribution is 0.167. The third-order valence-electron chi connectivity index (χ3n) is 4.22. The largest absolute Gasteiger partial charge is 0.388 e. The Kier molecular flexibility index (Phi) is 4.63. The number of tetrazole rings is 1. The molecule has 0 fully saturated rings. The summed E-state index contributed by atoms with van der Waals surface area (Å²) in [6.45, 7) is 2.07. The van der Waals surface area contributed by atoms with Gasteiger partial charge in [0.25, 0.3) is 0 Å². The lowest BCUT2D eigenvalue weighted by atomic mass is 9.90. The number of hydrogen-bond donors (Lipinski definition) is 2. The Morgan fingerprint density at radius 1 is 1.32 bits per heavy atom. The number of nitrogens with one attached hydrogen (secondary N) is 1. The van der Waals surface area contributed by atoms with Crippen LogP contribution < -0.4 is 0 Å². The van der Waals surface area contributed by atoms with Crippen molar-refractivity contribution in [2.75, 3.05) is 0 Å². The molecule has 0 spiro atoms. The van der Waals surface area contributed by atoms with Crippen LogP contribution in [0, 0.1) is 0 Å². The number of aliphatic hydroxyl groups excluding tert-OH is 1. The summed E-state index contributed by atoms with van der Waals surface area (Å²) < 4.78 is 0. The summed E-state index contributed by atoms with van der Waals surface area (Å²) in [6.07, 6.45) is 8.26. The van der Waals surface area contributed by atoms with E-state index in [1.807, 2.05) is 6.07 Å². The molecule has 1 atom stereocenters. The minimum atomic E-state index is -0.493. The topological polar surface area (TPSA) is 74.7 Å². The molecule has 5 nitrogen and oxygen atoms in total. The van der Waals surface area contributed by atoms with Gasteiger partial charge in [0, 0.05) is 5.56 Å². The fourth-order valence-electron chi connectivity index (χ4n) is 3.05. The van der Waals surface area contributed by atoms with Crippen molar-refractivity contribution in [3.63, 3.8) is 0 Å². The number of aliphatic hydroxyl groups is 1. The zero-order valence-corrected chi connectivity index (χ0v) is 12.9. The molecule has 0 saturated heterocycles. The maximum Gasteiger partial charge on any atom is 0.205 e. The van der Waals surface area contributed by atoms with E-state index in [9.17, 15) is 5.11 Å². The molecule has 1 aromatic carbocycles. The van der Waals surface area contributed by atoms with Crippen LogP contribution >= 0.6 is 0 Å². The van der Waals surface area contributed by atoms with E-state index in [2.05, 4.69) is 45.8 Å². The van der Waals surface area contributed by atoms with E-state index in [4.69, 9.17) is 0 Å². The van der Waals surface area contributed by atoms with Gasteiger partial charge in [-0.3, -0.25) is 0 Å². The summed E-state index contributed by atoms with van der Waals surface area (Å²) in [6, 6.07) is 6.21. The molecule has 116 valence electrons. The maximum absolute atomic E-state index is 10.4. The van der Waals surface area contributed by atoms with E-state index >= 15 is 0 Å². The monoisotopic (exact) mass is 298 g/mol. The quantitative estimate of drug-likeness (QED) is 0.883. The molecule has 3 rings (SSSR count). The first-order valence-corrected chi connectivity index (χ1v) is 8.05. The number of benzene rings is 1. The van der Waals surface area contributed by atoms with Crippen LogP contribution in [0.1, 0.15) is 62.7 Å². The predicted octanol–water partition coefficient (Wildman–Crippen LogP) is 3.66. The van der Waals surface area contributed by atoms with Crippen LogP contribution in [0.2, 0.25) is 0 Å². The van der Waals surface area contributed by atoms with Crippen LogP contribution in [0.4, 0.5) is 0 Å². The van der Waals surface area contributed by atoms with Crippen LogP contribution in [0.25, 0.3) is 17.0 Å². The molecule has 0 radical (unpaired) electrons. The molecule has 1 heterocycles. The molecule has 2 N–H and O–H groups in total. The highest BCUT2D eigenvalue weighted by molar-refractivity contribution is 5.72. The average Bonchev–Trinajstić information content (AvgIpc) is 3.10. The lowest BCUT2D eigenvalue weighted by Crippen LogP contribution is -2.02. The average molecular weight is 298 g/mol. The van der Waals surface area contributed by atoms with Gasteiger partial charge in [-0.1, -0.05) is 31.6 Å². The molecule has 0 amide bonds. The van der Waals surface area contributed by atoms with E-state index in [0.29, 0.717) is 5.82 Å². The summed E-state index contributed by atoms with van der Waals surface area (Å²) in [4.78, 5) is 0.